The smallest absolute Gasteiger partial charge is 0.305 e. The van der Waals surface area contributed by atoms with E-state index < -0.39 is 6.04 Å². The minimum atomic E-state index is -0.495. The lowest BCUT2D eigenvalue weighted by Gasteiger charge is -2.24. The lowest BCUT2D eigenvalue weighted by Crippen LogP contribution is -2.12. The first-order valence-electron chi connectivity index (χ1n) is 7.67. The standard InChI is InChI=1S/C18H17Cl2N3O2/c1-25-17(24)10-9-16(13-3-2-4-15(20)11-13)18(22-23-21)12-5-7-14(19)8-6-12/h2-8,11,16,18H,9-10H2,1H3/t16-,18-/m0/s1. The van der Waals surface area contributed by atoms with Gasteiger partial charge < -0.3 is 4.74 Å². The van der Waals surface area contributed by atoms with Crippen molar-refractivity contribution in [2.75, 3.05) is 7.11 Å². The molecule has 0 radical (unpaired) electrons. The molecule has 0 fully saturated rings. The van der Waals surface area contributed by atoms with Crippen LogP contribution in [0.4, 0.5) is 0 Å². The van der Waals surface area contributed by atoms with Crippen molar-refractivity contribution in [3.63, 3.8) is 0 Å². The average Bonchev–Trinajstić information content (AvgIpc) is 2.61. The van der Waals surface area contributed by atoms with Gasteiger partial charge in [-0.05, 0) is 53.3 Å². The molecule has 2 rings (SSSR count). The van der Waals surface area contributed by atoms with Crippen LogP contribution >= 0.6 is 23.2 Å². The van der Waals surface area contributed by atoms with Crippen molar-refractivity contribution in [2.45, 2.75) is 24.8 Å². The number of nitrogens with zero attached hydrogens (tertiary/aromatic N) is 3. The molecule has 2 atom stereocenters. The van der Waals surface area contributed by atoms with E-state index in [0.717, 1.165) is 11.1 Å². The minimum Gasteiger partial charge on any atom is -0.469 e. The normalized spacial score (nSPS) is 12.8. The topological polar surface area (TPSA) is 75.1 Å². The Balaban J connectivity index is 2.43. The van der Waals surface area contributed by atoms with Gasteiger partial charge in [0.05, 0.1) is 13.2 Å². The van der Waals surface area contributed by atoms with Crippen LogP contribution in [-0.4, -0.2) is 13.1 Å². The SMILES string of the molecule is COC(=O)CC[C@@H](c1cccc(Cl)c1)[C@@H](N=[N+]=[N-])c1ccc(Cl)cc1. The molecule has 0 aliphatic heterocycles. The number of benzene rings is 2. The Hall–Kier alpha value is -2.20. The maximum absolute atomic E-state index is 11.6. The summed E-state index contributed by atoms with van der Waals surface area (Å²) in [6, 6.07) is 14.0. The van der Waals surface area contributed by atoms with Gasteiger partial charge in [0.2, 0.25) is 0 Å². The number of rotatable bonds is 7. The van der Waals surface area contributed by atoms with Gasteiger partial charge in [-0.15, -0.1) is 0 Å². The molecule has 2 aromatic carbocycles. The molecule has 0 amide bonds. The van der Waals surface area contributed by atoms with E-state index >= 15 is 0 Å². The highest BCUT2D eigenvalue weighted by Crippen LogP contribution is 2.39. The van der Waals surface area contributed by atoms with Crippen molar-refractivity contribution in [1.82, 2.24) is 0 Å². The second kappa shape index (κ2) is 9.33. The van der Waals surface area contributed by atoms with E-state index in [2.05, 4.69) is 10.0 Å². The van der Waals surface area contributed by atoms with Gasteiger partial charge in [0.1, 0.15) is 0 Å². The monoisotopic (exact) mass is 377 g/mol. The van der Waals surface area contributed by atoms with Crippen molar-refractivity contribution >= 4 is 29.2 Å². The fourth-order valence-electron chi connectivity index (χ4n) is 2.71. The summed E-state index contributed by atoms with van der Waals surface area (Å²) >= 11 is 12.1. The summed E-state index contributed by atoms with van der Waals surface area (Å²) in [6.45, 7) is 0. The van der Waals surface area contributed by atoms with Crippen molar-refractivity contribution in [3.8, 4) is 0 Å². The van der Waals surface area contributed by atoms with Crippen LogP contribution in [0.2, 0.25) is 10.0 Å². The third kappa shape index (κ3) is 5.40. The first-order chi connectivity index (χ1) is 12.0. The predicted octanol–water partition coefficient (Wildman–Crippen LogP) is 6.08. The fraction of sp³-hybridized carbons (Fsp3) is 0.278. The molecular formula is C18H17Cl2N3O2. The van der Waals surface area contributed by atoms with E-state index in [4.69, 9.17) is 33.5 Å². The highest BCUT2D eigenvalue weighted by Gasteiger charge is 2.25. The van der Waals surface area contributed by atoms with Crippen LogP contribution in [0.1, 0.15) is 35.9 Å². The Morgan fingerprint density at radius 3 is 2.48 bits per heavy atom. The van der Waals surface area contributed by atoms with Crippen LogP contribution in [-0.2, 0) is 9.53 Å². The van der Waals surface area contributed by atoms with Crippen molar-refractivity contribution in [3.05, 3.63) is 80.1 Å². The number of carbonyl (C=O) groups is 1. The van der Waals surface area contributed by atoms with E-state index in [9.17, 15) is 4.79 Å². The molecule has 5 nitrogen and oxygen atoms in total. The van der Waals surface area contributed by atoms with Crippen molar-refractivity contribution in [2.24, 2.45) is 5.11 Å². The number of hydrogen-bond donors (Lipinski definition) is 0. The molecule has 2 aromatic rings. The van der Waals surface area contributed by atoms with E-state index in [1.54, 1.807) is 18.2 Å². The summed E-state index contributed by atoms with van der Waals surface area (Å²) in [5.41, 5.74) is 10.8. The molecule has 130 valence electrons. The lowest BCUT2D eigenvalue weighted by molar-refractivity contribution is -0.140. The summed E-state index contributed by atoms with van der Waals surface area (Å²) in [6.07, 6.45) is 0.665. The summed E-state index contributed by atoms with van der Waals surface area (Å²) in [7, 11) is 1.35. The average molecular weight is 378 g/mol. The molecule has 0 aliphatic rings. The zero-order valence-electron chi connectivity index (χ0n) is 13.6. The van der Waals surface area contributed by atoms with Crippen LogP contribution in [0.3, 0.4) is 0 Å². The molecule has 0 aromatic heterocycles. The maximum atomic E-state index is 11.6. The molecule has 0 saturated carbocycles. The van der Waals surface area contributed by atoms with E-state index in [-0.39, 0.29) is 18.3 Å². The summed E-state index contributed by atoms with van der Waals surface area (Å²) in [4.78, 5) is 14.6. The van der Waals surface area contributed by atoms with Crippen molar-refractivity contribution in [1.29, 1.82) is 0 Å². The Morgan fingerprint density at radius 2 is 1.88 bits per heavy atom. The van der Waals surface area contributed by atoms with Crippen LogP contribution < -0.4 is 0 Å². The molecule has 0 spiro atoms. The van der Waals surface area contributed by atoms with Crippen molar-refractivity contribution < 1.29 is 9.53 Å². The van der Waals surface area contributed by atoms with Crippen LogP contribution in [0.5, 0.6) is 0 Å². The summed E-state index contributed by atoms with van der Waals surface area (Å²) < 4.78 is 4.74. The van der Waals surface area contributed by atoms with Gasteiger partial charge in [-0.25, -0.2) is 0 Å². The van der Waals surface area contributed by atoms with Crippen LogP contribution in [0, 0.1) is 0 Å². The molecule has 7 heteroatoms. The zero-order chi connectivity index (χ0) is 18.2. The highest BCUT2D eigenvalue weighted by atomic mass is 35.5. The third-order valence-electron chi connectivity index (χ3n) is 3.93. The van der Waals surface area contributed by atoms with Gasteiger partial charge >= 0.3 is 5.97 Å². The maximum Gasteiger partial charge on any atom is 0.305 e. The highest BCUT2D eigenvalue weighted by molar-refractivity contribution is 6.30. The minimum absolute atomic E-state index is 0.207. The van der Waals surface area contributed by atoms with Gasteiger partial charge in [-0.2, -0.15) is 0 Å². The number of methoxy groups -OCH3 is 1. The molecule has 0 saturated heterocycles. The van der Waals surface area contributed by atoms with Crippen LogP contribution in [0.15, 0.2) is 53.6 Å². The van der Waals surface area contributed by atoms with E-state index in [0.29, 0.717) is 16.5 Å². The van der Waals surface area contributed by atoms with Gasteiger partial charge in [0.15, 0.2) is 0 Å². The number of hydrogen-bond acceptors (Lipinski definition) is 3. The Bertz CT molecular complexity index is 774. The Morgan fingerprint density at radius 1 is 1.16 bits per heavy atom. The van der Waals surface area contributed by atoms with Gasteiger partial charge in [-0.3, -0.25) is 4.79 Å². The third-order valence-corrected chi connectivity index (χ3v) is 4.42. The van der Waals surface area contributed by atoms with Gasteiger partial charge in [-0.1, -0.05) is 52.6 Å². The number of carbonyl (C=O) groups excluding carboxylic acids is 1. The number of esters is 1. The molecule has 25 heavy (non-hydrogen) atoms. The quantitative estimate of drug-likeness (QED) is 0.253. The predicted molar refractivity (Wildman–Crippen MR) is 98.8 cm³/mol. The number of ether oxygens (including phenoxy) is 1. The summed E-state index contributed by atoms with van der Waals surface area (Å²) in [5, 5.41) is 5.15. The van der Waals surface area contributed by atoms with E-state index in [1.807, 2.05) is 30.3 Å². The summed E-state index contributed by atoms with van der Waals surface area (Å²) in [5.74, 6) is -0.544. The van der Waals surface area contributed by atoms with Gasteiger partial charge in [0, 0.05) is 21.4 Å². The zero-order valence-corrected chi connectivity index (χ0v) is 15.1. The second-order valence-corrected chi connectivity index (χ2v) is 6.35. The lowest BCUT2D eigenvalue weighted by atomic mass is 9.84. The molecule has 0 N–H and O–H groups in total. The Labute approximate surface area is 156 Å². The molecule has 0 bridgehead atoms. The number of azide groups is 1. The van der Waals surface area contributed by atoms with Gasteiger partial charge in [0.25, 0.3) is 0 Å². The largest absolute Gasteiger partial charge is 0.469 e. The molecule has 0 aliphatic carbocycles. The van der Waals surface area contributed by atoms with Crippen LogP contribution in [0.25, 0.3) is 10.4 Å². The number of halogens is 2. The molecular weight excluding hydrogens is 361 g/mol. The molecule has 0 heterocycles. The second-order valence-electron chi connectivity index (χ2n) is 5.48. The first-order valence-corrected chi connectivity index (χ1v) is 8.42. The first kappa shape index (κ1) is 19.1. The Kier molecular flexibility index (Phi) is 7.14. The fourth-order valence-corrected chi connectivity index (χ4v) is 3.04. The molecule has 0 unspecified atom stereocenters. The van der Waals surface area contributed by atoms with E-state index in [1.165, 1.54) is 7.11 Å².